The van der Waals surface area contributed by atoms with Crippen LogP contribution in [0, 0.1) is 0 Å². The van der Waals surface area contributed by atoms with E-state index >= 15 is 0 Å². The second kappa shape index (κ2) is 8.19. The van der Waals surface area contributed by atoms with Gasteiger partial charge in [-0.2, -0.15) is 0 Å². The highest BCUT2D eigenvalue weighted by Crippen LogP contribution is 2.43. The third kappa shape index (κ3) is 3.07. The van der Waals surface area contributed by atoms with E-state index in [9.17, 15) is 4.57 Å². The van der Waals surface area contributed by atoms with Crippen LogP contribution in [0.1, 0.15) is 0 Å². The number of hydrogen-bond donors (Lipinski definition) is 0. The molecule has 2 heterocycles. The van der Waals surface area contributed by atoms with Gasteiger partial charge in [-0.25, -0.2) is 0 Å². The summed E-state index contributed by atoms with van der Waals surface area (Å²) < 4.78 is 17.3. The van der Waals surface area contributed by atoms with Crippen LogP contribution in [0.5, 0.6) is 0 Å². The maximum Gasteiger partial charge on any atom is 0.171 e. The largest absolute Gasteiger partial charge is 0.310 e. The zero-order valence-electron chi connectivity index (χ0n) is 19.6. The summed E-state index contributed by atoms with van der Waals surface area (Å²) in [5.41, 5.74) is 3.43. The summed E-state index contributed by atoms with van der Waals surface area (Å²) >= 11 is 0. The molecule has 0 fully saturated rings. The number of para-hydroxylation sites is 2. The fourth-order valence-electron chi connectivity index (χ4n) is 5.46. The fourth-order valence-corrected chi connectivity index (χ4v) is 8.14. The fraction of sp³-hybridized carbons (Fsp3) is 0.0312. The lowest BCUT2D eigenvalue weighted by atomic mass is 10.1. The van der Waals surface area contributed by atoms with Crippen LogP contribution in [0.3, 0.4) is 0 Å². The highest BCUT2D eigenvalue weighted by Gasteiger charge is 2.30. The van der Waals surface area contributed by atoms with Gasteiger partial charge in [-0.3, -0.25) is 4.99 Å². The van der Waals surface area contributed by atoms with Crippen molar-refractivity contribution in [2.24, 2.45) is 4.99 Å². The van der Waals surface area contributed by atoms with Crippen LogP contribution in [-0.2, 0) is 4.57 Å². The molecule has 0 atom stereocenters. The van der Waals surface area contributed by atoms with Gasteiger partial charge in [0.05, 0.1) is 28.6 Å². The van der Waals surface area contributed by atoms with Crippen LogP contribution in [-0.4, -0.2) is 11.1 Å². The first-order chi connectivity index (χ1) is 17.7. The molecule has 0 amide bonds. The van der Waals surface area contributed by atoms with E-state index in [1.165, 1.54) is 10.9 Å². The number of aromatic nitrogens is 1. The Bertz CT molecular complexity index is 1900. The summed E-state index contributed by atoms with van der Waals surface area (Å²) in [6.07, 6.45) is 0. The number of nitrogens with zero attached hydrogens (tertiary/aromatic N) is 2. The maximum atomic E-state index is 15.0. The van der Waals surface area contributed by atoms with Crippen molar-refractivity contribution in [3.05, 3.63) is 138 Å². The Balaban J connectivity index is 1.55. The Morgan fingerprint density at radius 2 is 1.19 bits per heavy atom. The number of fused-ring (bicyclic) bond motifs is 4. The summed E-state index contributed by atoms with van der Waals surface area (Å²) in [6, 6.07) is 42.9. The Morgan fingerprint density at radius 1 is 0.583 bits per heavy atom. The highest BCUT2D eigenvalue weighted by molar-refractivity contribution is 7.85. The van der Waals surface area contributed by atoms with E-state index < -0.39 is 7.14 Å². The molecular weight excluding hydrogens is 459 g/mol. The van der Waals surface area contributed by atoms with Crippen LogP contribution < -0.4 is 26.5 Å². The van der Waals surface area contributed by atoms with E-state index in [-0.39, 0.29) is 0 Å². The molecular formula is C32H23N2OP. The van der Waals surface area contributed by atoms with Gasteiger partial charge in [0, 0.05) is 31.9 Å². The molecule has 1 aromatic heterocycles. The molecule has 36 heavy (non-hydrogen) atoms. The number of rotatable bonds is 4. The van der Waals surface area contributed by atoms with E-state index in [1.807, 2.05) is 66.7 Å². The second-order valence-corrected chi connectivity index (χ2v) is 11.9. The minimum atomic E-state index is -3.06. The molecule has 172 valence electrons. The van der Waals surface area contributed by atoms with Gasteiger partial charge in [-0.05, 0) is 30.3 Å². The normalized spacial score (nSPS) is 13.2. The Hall–Kier alpha value is -4.20. The molecule has 3 nitrogen and oxygen atoms in total. The molecule has 0 bridgehead atoms. The average Bonchev–Trinajstić information content (AvgIpc) is 3.52. The van der Waals surface area contributed by atoms with Gasteiger partial charge in [0.2, 0.25) is 0 Å². The zero-order valence-corrected chi connectivity index (χ0v) is 20.5. The third-order valence-corrected chi connectivity index (χ3v) is 10.2. The molecule has 0 saturated carbocycles. The van der Waals surface area contributed by atoms with Crippen LogP contribution in [0.25, 0.3) is 27.5 Å². The van der Waals surface area contributed by atoms with Gasteiger partial charge in [-0.15, -0.1) is 0 Å². The molecule has 0 spiro atoms. The van der Waals surface area contributed by atoms with Crippen molar-refractivity contribution < 1.29 is 4.57 Å². The van der Waals surface area contributed by atoms with Gasteiger partial charge in [0.15, 0.2) is 7.14 Å². The standard InChI is InChI=1S/C32H23N2OP/c35-36(23-11-3-1-4-12-23,24-13-5-2-6-14-24)25-19-20-31-28(21-25)26-15-8-10-18-30(26)34(31)32-22-33-29-17-9-7-16-27(29)32/h1-21H,22H2. The van der Waals surface area contributed by atoms with Gasteiger partial charge in [-0.1, -0.05) is 97.1 Å². The molecule has 0 unspecified atom stereocenters. The van der Waals surface area contributed by atoms with Crippen molar-refractivity contribution in [2.45, 2.75) is 0 Å². The number of hydrogen-bond acceptors (Lipinski definition) is 2. The maximum absolute atomic E-state index is 15.0. The molecule has 0 aliphatic carbocycles. The smallest absolute Gasteiger partial charge is 0.171 e. The molecule has 7 rings (SSSR count). The highest BCUT2D eigenvalue weighted by atomic mass is 31.2. The molecule has 1 aliphatic rings. The first-order valence-corrected chi connectivity index (χ1v) is 13.8. The average molecular weight is 483 g/mol. The first-order valence-electron chi connectivity index (χ1n) is 12.1. The van der Waals surface area contributed by atoms with Crippen LogP contribution in [0.2, 0.25) is 0 Å². The molecule has 6 aromatic rings. The van der Waals surface area contributed by atoms with Crippen LogP contribution >= 0.6 is 7.14 Å². The monoisotopic (exact) mass is 482 g/mol. The lowest BCUT2D eigenvalue weighted by Crippen LogP contribution is -2.25. The molecule has 5 aromatic carbocycles. The summed E-state index contributed by atoms with van der Waals surface area (Å²) in [4.78, 5) is 4.78. The van der Waals surface area contributed by atoms with Crippen molar-refractivity contribution in [2.75, 3.05) is 6.54 Å². The quantitative estimate of drug-likeness (QED) is 0.335. The van der Waals surface area contributed by atoms with Crippen LogP contribution in [0.4, 0.5) is 0 Å². The molecule has 1 aliphatic heterocycles. The zero-order chi connectivity index (χ0) is 24.1. The van der Waals surface area contributed by atoms with Gasteiger partial charge in [0.1, 0.15) is 0 Å². The SMILES string of the molecule is O=P(c1ccccc1)(c1ccccc1)c1ccc2c(c1)c1ccccc1n2C1=c2ccccc2=NC1. The first kappa shape index (κ1) is 21.1. The van der Waals surface area contributed by atoms with Crippen LogP contribution in [0.15, 0.2) is 132 Å². The summed E-state index contributed by atoms with van der Waals surface area (Å²) in [7, 11) is -3.06. The van der Waals surface area contributed by atoms with E-state index in [0.717, 1.165) is 43.1 Å². The Labute approximate surface area is 209 Å². The van der Waals surface area contributed by atoms with E-state index in [4.69, 9.17) is 4.99 Å². The van der Waals surface area contributed by atoms with Crippen molar-refractivity contribution in [1.82, 2.24) is 4.57 Å². The summed E-state index contributed by atoms with van der Waals surface area (Å²) in [5, 5.41) is 6.99. The van der Waals surface area contributed by atoms with Gasteiger partial charge in [0.25, 0.3) is 0 Å². The van der Waals surface area contributed by atoms with Gasteiger partial charge < -0.3 is 9.13 Å². The lowest BCUT2D eigenvalue weighted by Gasteiger charge is -2.20. The van der Waals surface area contributed by atoms with E-state index in [1.54, 1.807) is 0 Å². The predicted octanol–water partition coefficient (Wildman–Crippen LogP) is 4.72. The summed E-state index contributed by atoms with van der Waals surface area (Å²) in [6.45, 7) is 0.640. The minimum Gasteiger partial charge on any atom is -0.310 e. The third-order valence-electron chi connectivity index (χ3n) is 7.14. The predicted molar refractivity (Wildman–Crippen MR) is 150 cm³/mol. The topological polar surface area (TPSA) is 34.4 Å². The molecule has 0 saturated heterocycles. The second-order valence-electron chi connectivity index (χ2n) is 9.11. The van der Waals surface area contributed by atoms with Crippen molar-refractivity contribution in [1.29, 1.82) is 0 Å². The Kier molecular flexibility index (Phi) is 4.80. The van der Waals surface area contributed by atoms with E-state index in [2.05, 4.69) is 65.2 Å². The van der Waals surface area contributed by atoms with Crippen molar-refractivity contribution in [3.63, 3.8) is 0 Å². The molecule has 4 heteroatoms. The van der Waals surface area contributed by atoms with Crippen molar-refractivity contribution >= 4 is 50.6 Å². The number of benzene rings is 5. The molecule has 0 radical (unpaired) electrons. The summed E-state index contributed by atoms with van der Waals surface area (Å²) in [5.74, 6) is 0. The van der Waals surface area contributed by atoms with Crippen molar-refractivity contribution in [3.8, 4) is 0 Å². The molecule has 0 N–H and O–H groups in total. The minimum absolute atomic E-state index is 0.640. The van der Waals surface area contributed by atoms with E-state index in [0.29, 0.717) is 6.54 Å². The Morgan fingerprint density at radius 3 is 1.94 bits per heavy atom. The lowest BCUT2D eigenvalue weighted by molar-refractivity contribution is 0.592. The van der Waals surface area contributed by atoms with Gasteiger partial charge >= 0.3 is 0 Å².